The van der Waals surface area contributed by atoms with Crippen LogP contribution in [0.4, 0.5) is 9.59 Å². The number of H-pyrrole nitrogens is 2. The van der Waals surface area contributed by atoms with Gasteiger partial charge in [-0.2, -0.15) is 0 Å². The minimum absolute atomic E-state index is 0.0429. The van der Waals surface area contributed by atoms with Crippen molar-refractivity contribution >= 4 is 23.2 Å². The van der Waals surface area contributed by atoms with Crippen LogP contribution in [0.25, 0.3) is 44.5 Å². The van der Waals surface area contributed by atoms with Gasteiger partial charge >= 0.3 is 12.2 Å². The van der Waals surface area contributed by atoms with E-state index >= 15 is 0 Å². The summed E-state index contributed by atoms with van der Waals surface area (Å²) in [7, 11) is 0. The van der Waals surface area contributed by atoms with Crippen LogP contribution in [-0.4, -0.2) is 65.2 Å². The third-order valence-electron chi connectivity index (χ3n) is 12.8. The first-order chi connectivity index (χ1) is 25.7. The molecular formula is C44H50N6O4. The second-order valence-electron chi connectivity index (χ2n) is 18.0. The molecule has 3 N–H and O–H groups in total. The number of hydrogen-bond acceptors (Lipinski definition) is 5. The van der Waals surface area contributed by atoms with Gasteiger partial charge in [0.1, 0.15) is 17.2 Å². The van der Waals surface area contributed by atoms with Gasteiger partial charge in [0.25, 0.3) is 0 Å². The normalized spacial score (nSPS) is 23.6. The molecule has 0 spiro atoms. The highest BCUT2D eigenvalue weighted by Gasteiger charge is 2.64. The van der Waals surface area contributed by atoms with E-state index in [1.165, 1.54) is 22.3 Å². The zero-order valence-electron chi connectivity index (χ0n) is 32.1. The smallest absolute Gasteiger partial charge is 0.410 e. The van der Waals surface area contributed by atoms with Gasteiger partial charge in [-0.1, -0.05) is 57.2 Å². The van der Waals surface area contributed by atoms with Gasteiger partial charge in [-0.25, -0.2) is 19.6 Å². The highest BCUT2D eigenvalue weighted by Crippen LogP contribution is 2.66. The van der Waals surface area contributed by atoms with E-state index in [4.69, 9.17) is 14.7 Å². The third-order valence-corrected chi connectivity index (χ3v) is 12.8. The van der Waals surface area contributed by atoms with Gasteiger partial charge in [0.2, 0.25) is 0 Å². The van der Waals surface area contributed by atoms with Gasteiger partial charge in [-0.15, -0.1) is 0 Å². The molecule has 5 aromatic rings. The minimum Gasteiger partial charge on any atom is -0.465 e. The number of likely N-dealkylation sites (tertiary alicyclic amines) is 2. The predicted molar refractivity (Wildman–Crippen MR) is 209 cm³/mol. The number of aromatic amines is 2. The lowest BCUT2D eigenvalue weighted by molar-refractivity contribution is 0.00821. The number of nitrogens with zero attached hydrogens (tertiary/aromatic N) is 4. The Balaban J connectivity index is 0.960. The van der Waals surface area contributed by atoms with Gasteiger partial charge in [0.05, 0.1) is 35.0 Å². The van der Waals surface area contributed by atoms with Crippen LogP contribution in [0.2, 0.25) is 0 Å². The van der Waals surface area contributed by atoms with Gasteiger partial charge in [-0.3, -0.25) is 9.80 Å². The van der Waals surface area contributed by atoms with Gasteiger partial charge < -0.3 is 19.8 Å². The Labute approximate surface area is 316 Å². The number of benzene rings is 3. The number of aryl methyl sites for hydroxylation is 2. The number of rotatable bonds is 4. The molecule has 10 heteroatoms. The first-order valence-corrected chi connectivity index (χ1v) is 19.5. The Morgan fingerprint density at radius 2 is 1.56 bits per heavy atom. The molecule has 54 heavy (non-hydrogen) atoms. The molecular weight excluding hydrogens is 677 g/mol. The molecule has 4 atom stereocenters. The fraction of sp³-hybridized carbons (Fsp3) is 0.455. The standard InChI is InChI=1S/C44H50N6O4/c1-42(2,3)44-18-17-30(23-44)50(40(51)52)37(44)39-46-33-16-13-26(22-34(33)47-39)25-11-14-31-27(20-25)9-10-28-21-29(12-15-32(28)31)35-24-45-38(48-35)36-8-7-19-49(36)41(53)54-43(4,5)6/h11-16,20-22,24,30,36-37H,7-10,17-19,23H2,1-6H3,(H,45,48)(H,46,47)(H,51,52)/t30-,36+,37-,44?/m1/s1. The van der Waals surface area contributed by atoms with Crippen LogP contribution < -0.4 is 0 Å². The number of nitrogens with one attached hydrogen (secondary N) is 2. The summed E-state index contributed by atoms with van der Waals surface area (Å²) in [6.07, 6.45) is 7.22. The average Bonchev–Trinajstić information content (AvgIpc) is 3.96. The second-order valence-corrected chi connectivity index (χ2v) is 18.0. The number of carbonyl (C=O) groups excluding carboxylic acids is 1. The maximum atomic E-state index is 12.9. The summed E-state index contributed by atoms with van der Waals surface area (Å²) in [6.45, 7) is 13.1. The lowest BCUT2D eigenvalue weighted by Gasteiger charge is -2.47. The Morgan fingerprint density at radius 1 is 0.870 bits per heavy atom. The molecule has 280 valence electrons. The number of fused-ring (bicyclic) bond motifs is 6. The van der Waals surface area contributed by atoms with E-state index in [2.05, 4.69) is 85.3 Å². The molecule has 2 amide bonds. The molecule has 4 aliphatic rings. The van der Waals surface area contributed by atoms with E-state index in [9.17, 15) is 14.7 Å². The molecule has 3 fully saturated rings. The molecule has 2 bridgehead atoms. The highest BCUT2D eigenvalue weighted by molar-refractivity contribution is 5.84. The van der Waals surface area contributed by atoms with Crippen LogP contribution in [-0.2, 0) is 17.6 Å². The number of hydrogen-bond donors (Lipinski definition) is 3. The lowest BCUT2D eigenvalue weighted by atomic mass is 9.61. The van der Waals surface area contributed by atoms with E-state index < -0.39 is 11.7 Å². The monoisotopic (exact) mass is 726 g/mol. The van der Waals surface area contributed by atoms with Crippen molar-refractivity contribution in [3.8, 4) is 33.5 Å². The van der Waals surface area contributed by atoms with E-state index in [-0.39, 0.29) is 35.0 Å². The summed E-state index contributed by atoms with van der Waals surface area (Å²) in [6, 6.07) is 19.4. The molecule has 0 radical (unpaired) electrons. The number of amides is 2. The van der Waals surface area contributed by atoms with E-state index in [1.807, 2.05) is 27.0 Å². The Kier molecular flexibility index (Phi) is 7.82. The summed E-state index contributed by atoms with van der Waals surface area (Å²) < 4.78 is 5.68. The van der Waals surface area contributed by atoms with Crippen molar-refractivity contribution in [2.24, 2.45) is 10.8 Å². The molecule has 2 saturated heterocycles. The van der Waals surface area contributed by atoms with Crippen LogP contribution >= 0.6 is 0 Å². The van der Waals surface area contributed by atoms with Crippen molar-refractivity contribution in [3.63, 3.8) is 0 Å². The van der Waals surface area contributed by atoms with E-state index in [1.54, 1.807) is 9.80 Å². The number of piperidine rings is 1. The van der Waals surface area contributed by atoms with Crippen molar-refractivity contribution in [2.75, 3.05) is 6.54 Å². The third kappa shape index (κ3) is 5.59. The van der Waals surface area contributed by atoms with Crippen LogP contribution in [0.15, 0.2) is 60.8 Å². The molecule has 2 aliphatic heterocycles. The maximum Gasteiger partial charge on any atom is 0.410 e. The van der Waals surface area contributed by atoms with Crippen molar-refractivity contribution in [3.05, 3.63) is 83.6 Å². The molecule has 1 unspecified atom stereocenters. The van der Waals surface area contributed by atoms with Gasteiger partial charge in [0.15, 0.2) is 0 Å². The summed E-state index contributed by atoms with van der Waals surface area (Å²) >= 11 is 0. The Hall–Kier alpha value is -5.12. The SMILES string of the molecule is CC(C)(C)OC(=O)N1CCC[C@H]1c1ncc(-c2ccc3c(c2)CCc2cc(-c4ccc5nc([C@H]6N(C(=O)O)[C@@H]7CCC6(C(C)(C)C)C7)[nH]c5c4)ccc2-3)[nH]1. The second kappa shape index (κ2) is 12.2. The molecule has 9 rings (SSSR count). The van der Waals surface area contributed by atoms with E-state index in [0.29, 0.717) is 6.54 Å². The largest absolute Gasteiger partial charge is 0.465 e. The summed E-state index contributed by atoms with van der Waals surface area (Å²) in [5.74, 6) is 1.56. The predicted octanol–water partition coefficient (Wildman–Crippen LogP) is 10.1. The number of imidazole rings is 2. The zero-order chi connectivity index (χ0) is 37.7. The summed E-state index contributed by atoms with van der Waals surface area (Å²) in [4.78, 5) is 45.8. The van der Waals surface area contributed by atoms with Gasteiger partial charge in [0, 0.05) is 18.0 Å². The Bertz CT molecular complexity index is 2310. The van der Waals surface area contributed by atoms with Crippen molar-refractivity contribution < 1.29 is 19.4 Å². The molecule has 10 nitrogen and oxygen atoms in total. The summed E-state index contributed by atoms with van der Waals surface area (Å²) in [5, 5.41) is 10.3. The van der Waals surface area contributed by atoms with E-state index in [0.717, 1.165) is 90.0 Å². The average molecular weight is 727 g/mol. The lowest BCUT2D eigenvalue weighted by Crippen LogP contribution is -2.46. The highest BCUT2D eigenvalue weighted by atomic mass is 16.6. The van der Waals surface area contributed by atoms with Crippen LogP contribution in [0, 0.1) is 10.8 Å². The van der Waals surface area contributed by atoms with Crippen LogP contribution in [0.5, 0.6) is 0 Å². The van der Waals surface area contributed by atoms with Gasteiger partial charge in [-0.05, 0) is 128 Å². The first kappa shape index (κ1) is 34.6. The van der Waals surface area contributed by atoms with Crippen LogP contribution in [0.1, 0.15) is 109 Å². The molecule has 2 aliphatic carbocycles. The number of carbonyl (C=O) groups is 2. The molecule has 2 aromatic heterocycles. The maximum absolute atomic E-state index is 12.9. The number of carboxylic acid groups (broad SMARTS) is 1. The fourth-order valence-corrected chi connectivity index (χ4v) is 10.1. The van der Waals surface area contributed by atoms with Crippen LogP contribution in [0.3, 0.4) is 0 Å². The Morgan fingerprint density at radius 3 is 2.26 bits per heavy atom. The molecule has 4 heterocycles. The fourth-order valence-electron chi connectivity index (χ4n) is 10.1. The van der Waals surface area contributed by atoms with Crippen molar-refractivity contribution in [2.45, 2.75) is 110 Å². The van der Waals surface area contributed by atoms with Crippen molar-refractivity contribution in [1.29, 1.82) is 0 Å². The molecule has 1 saturated carbocycles. The topological polar surface area (TPSA) is 127 Å². The minimum atomic E-state index is -0.855. The quantitative estimate of drug-likeness (QED) is 0.169. The zero-order valence-corrected chi connectivity index (χ0v) is 32.1. The van der Waals surface area contributed by atoms with Crippen molar-refractivity contribution in [1.82, 2.24) is 29.7 Å². The molecule has 3 aromatic carbocycles. The number of ether oxygens (including phenoxy) is 1. The first-order valence-electron chi connectivity index (χ1n) is 19.5. The summed E-state index contributed by atoms with van der Waals surface area (Å²) in [5.41, 5.74) is 10.5. The number of aromatic nitrogens is 4.